The number of hydrogen-bond acceptors (Lipinski definition) is 10. The summed E-state index contributed by atoms with van der Waals surface area (Å²) in [5, 5.41) is 43.1. The van der Waals surface area contributed by atoms with Crippen molar-refractivity contribution < 1.29 is 39.6 Å². The largest absolute Gasteiger partial charge is 0.480 e. The summed E-state index contributed by atoms with van der Waals surface area (Å²) in [7, 11) is 0. The van der Waals surface area contributed by atoms with Gasteiger partial charge in [0.25, 0.3) is 0 Å². The van der Waals surface area contributed by atoms with E-state index in [1.165, 1.54) is 0 Å². The number of nitrogens with zero attached hydrogens (tertiary/aromatic N) is 4. The lowest BCUT2D eigenvalue weighted by atomic mass is 10.3. The summed E-state index contributed by atoms with van der Waals surface area (Å²) in [6, 6.07) is 0. The van der Waals surface area contributed by atoms with E-state index in [2.05, 4.69) is 10.6 Å². The molecule has 0 aromatic rings. The second kappa shape index (κ2) is 17.1. The Balaban J connectivity index is 2.82. The van der Waals surface area contributed by atoms with E-state index in [9.17, 15) is 39.6 Å². The molecule has 0 spiro atoms. The van der Waals surface area contributed by atoms with Crippen LogP contribution < -0.4 is 10.6 Å². The molecule has 14 nitrogen and oxygen atoms in total. The van der Waals surface area contributed by atoms with Crippen molar-refractivity contribution >= 4 is 23.9 Å². The van der Waals surface area contributed by atoms with Crippen LogP contribution in [0.15, 0.2) is 0 Å². The number of rotatable bonds is 8. The maximum atomic E-state index is 11.2. The molecule has 0 amide bonds. The Labute approximate surface area is 199 Å². The average Bonchev–Trinajstić information content (AvgIpc) is 2.72. The van der Waals surface area contributed by atoms with Crippen molar-refractivity contribution in [1.29, 1.82) is 0 Å². The van der Waals surface area contributed by atoms with E-state index < -0.39 is 23.9 Å². The van der Waals surface area contributed by atoms with E-state index in [1.807, 2.05) is 0 Å². The Morgan fingerprint density at radius 2 is 0.647 bits per heavy atom. The summed E-state index contributed by atoms with van der Waals surface area (Å²) in [6.07, 6.45) is 0. The predicted molar refractivity (Wildman–Crippen MR) is 122 cm³/mol. The van der Waals surface area contributed by atoms with Crippen LogP contribution >= 0.6 is 0 Å². The first kappa shape index (κ1) is 29.7. The zero-order valence-electron chi connectivity index (χ0n) is 19.5. The highest BCUT2D eigenvalue weighted by atomic mass is 16.4. The van der Waals surface area contributed by atoms with Crippen LogP contribution in [0.3, 0.4) is 0 Å². The Kier molecular flexibility index (Phi) is 14.9. The van der Waals surface area contributed by atoms with Gasteiger partial charge in [-0.15, -0.1) is 0 Å². The van der Waals surface area contributed by atoms with Crippen LogP contribution in [-0.4, -0.2) is 169 Å². The van der Waals surface area contributed by atoms with Crippen LogP contribution in [-0.2, 0) is 19.2 Å². The molecule has 196 valence electrons. The van der Waals surface area contributed by atoms with Crippen LogP contribution in [0.5, 0.6) is 0 Å². The van der Waals surface area contributed by atoms with Gasteiger partial charge in [-0.2, -0.15) is 0 Å². The van der Waals surface area contributed by atoms with Crippen LogP contribution in [0, 0.1) is 0 Å². The van der Waals surface area contributed by atoms with E-state index >= 15 is 0 Å². The minimum absolute atomic E-state index is 0.161. The fourth-order valence-electron chi connectivity index (χ4n) is 3.61. The predicted octanol–water partition coefficient (Wildman–Crippen LogP) is -3.27. The van der Waals surface area contributed by atoms with Gasteiger partial charge < -0.3 is 31.1 Å². The van der Waals surface area contributed by atoms with Crippen LogP contribution in [0.2, 0.25) is 0 Å². The summed E-state index contributed by atoms with van der Waals surface area (Å²) in [5.41, 5.74) is 0. The molecular formula is C20H38N6O8. The van der Waals surface area contributed by atoms with E-state index in [0.29, 0.717) is 78.5 Å². The number of hydrogen-bond donors (Lipinski definition) is 6. The quantitative estimate of drug-likeness (QED) is 0.199. The molecule has 6 N–H and O–H groups in total. The Morgan fingerprint density at radius 3 is 0.824 bits per heavy atom. The summed E-state index contributed by atoms with van der Waals surface area (Å²) in [4.78, 5) is 51.8. The second-order valence-corrected chi connectivity index (χ2v) is 8.18. The van der Waals surface area contributed by atoms with Gasteiger partial charge in [0.1, 0.15) is 0 Å². The van der Waals surface area contributed by atoms with E-state index in [0.717, 1.165) is 0 Å². The topological polar surface area (TPSA) is 186 Å². The van der Waals surface area contributed by atoms with Gasteiger partial charge in [0, 0.05) is 78.5 Å². The van der Waals surface area contributed by atoms with Gasteiger partial charge in [0.2, 0.25) is 0 Å². The van der Waals surface area contributed by atoms with Crippen molar-refractivity contribution in [2.24, 2.45) is 0 Å². The van der Waals surface area contributed by atoms with Crippen molar-refractivity contribution in [2.75, 3.05) is 105 Å². The van der Waals surface area contributed by atoms with E-state index in [-0.39, 0.29) is 26.2 Å². The lowest BCUT2D eigenvalue weighted by molar-refractivity contribution is -0.140. The second-order valence-electron chi connectivity index (χ2n) is 8.18. The molecule has 0 unspecified atom stereocenters. The first-order valence-corrected chi connectivity index (χ1v) is 11.3. The van der Waals surface area contributed by atoms with Crippen molar-refractivity contribution in [2.45, 2.75) is 0 Å². The molecule has 14 heteroatoms. The first-order valence-electron chi connectivity index (χ1n) is 11.3. The smallest absolute Gasteiger partial charge is 0.317 e. The molecule has 0 aliphatic carbocycles. The van der Waals surface area contributed by atoms with Gasteiger partial charge in [0.05, 0.1) is 26.2 Å². The molecule has 1 saturated heterocycles. The standard InChI is InChI=1S/C20H38N6O8/c27-17(28)13-23-5-1-21-2-6-24(14-18(29)30)11-12-26(16-20(33)34)8-4-22-3-7-25(10-9-23)15-19(31)32/h21-22H,1-16H2,(H,27,28)(H,29,30)(H,31,32)(H,33,34). The van der Waals surface area contributed by atoms with E-state index in [4.69, 9.17) is 0 Å². The van der Waals surface area contributed by atoms with Crippen molar-refractivity contribution in [3.05, 3.63) is 0 Å². The third kappa shape index (κ3) is 15.5. The molecule has 0 aromatic heterocycles. The molecule has 0 radical (unpaired) electrons. The first-order chi connectivity index (χ1) is 16.2. The van der Waals surface area contributed by atoms with Crippen LogP contribution in [0.4, 0.5) is 0 Å². The highest BCUT2D eigenvalue weighted by Crippen LogP contribution is 1.96. The SMILES string of the molecule is O=C(O)CN1CCNCCN(CC(=O)O)CCN(CC(=O)O)CCNCCN(CC(=O)O)CC1. The normalized spacial score (nSPS) is 20.2. The molecule has 0 saturated carbocycles. The number of carboxylic acid groups (broad SMARTS) is 4. The minimum Gasteiger partial charge on any atom is -0.480 e. The molecular weight excluding hydrogens is 452 g/mol. The molecule has 0 bridgehead atoms. The third-order valence-corrected chi connectivity index (χ3v) is 5.32. The minimum atomic E-state index is -0.966. The maximum Gasteiger partial charge on any atom is 0.317 e. The molecule has 34 heavy (non-hydrogen) atoms. The van der Waals surface area contributed by atoms with E-state index in [1.54, 1.807) is 19.6 Å². The van der Waals surface area contributed by atoms with Gasteiger partial charge >= 0.3 is 23.9 Å². The number of carboxylic acids is 4. The zero-order chi connectivity index (χ0) is 25.3. The fourth-order valence-corrected chi connectivity index (χ4v) is 3.61. The lowest BCUT2D eigenvalue weighted by Gasteiger charge is -2.28. The lowest BCUT2D eigenvalue weighted by Crippen LogP contribution is -2.46. The molecule has 1 aliphatic rings. The highest BCUT2D eigenvalue weighted by molar-refractivity contribution is 5.70. The van der Waals surface area contributed by atoms with Crippen molar-refractivity contribution in [3.63, 3.8) is 0 Å². The van der Waals surface area contributed by atoms with Gasteiger partial charge in [-0.25, -0.2) is 0 Å². The summed E-state index contributed by atoms with van der Waals surface area (Å²) >= 11 is 0. The summed E-state index contributed by atoms with van der Waals surface area (Å²) < 4.78 is 0. The molecule has 1 aliphatic heterocycles. The van der Waals surface area contributed by atoms with Crippen LogP contribution in [0.1, 0.15) is 0 Å². The van der Waals surface area contributed by atoms with Crippen LogP contribution in [0.25, 0.3) is 0 Å². The molecule has 1 heterocycles. The number of aliphatic carboxylic acids is 4. The van der Waals surface area contributed by atoms with Gasteiger partial charge in [-0.05, 0) is 0 Å². The Hall–Kier alpha value is -2.36. The monoisotopic (exact) mass is 490 g/mol. The summed E-state index contributed by atoms with van der Waals surface area (Å²) in [6.45, 7) is 4.61. The van der Waals surface area contributed by atoms with Crippen molar-refractivity contribution in [1.82, 2.24) is 30.2 Å². The third-order valence-electron chi connectivity index (χ3n) is 5.32. The zero-order valence-corrected chi connectivity index (χ0v) is 19.5. The molecule has 1 rings (SSSR count). The summed E-state index contributed by atoms with van der Waals surface area (Å²) in [5.74, 6) is -3.86. The van der Waals surface area contributed by atoms with Gasteiger partial charge in [-0.3, -0.25) is 38.8 Å². The molecule has 1 fully saturated rings. The van der Waals surface area contributed by atoms with Crippen molar-refractivity contribution in [3.8, 4) is 0 Å². The number of nitrogens with one attached hydrogen (secondary N) is 2. The Morgan fingerprint density at radius 1 is 0.441 bits per heavy atom. The highest BCUT2D eigenvalue weighted by Gasteiger charge is 2.17. The maximum absolute atomic E-state index is 11.2. The van der Waals surface area contributed by atoms with Gasteiger partial charge in [0.15, 0.2) is 0 Å². The fraction of sp³-hybridized carbons (Fsp3) is 0.800. The molecule has 0 aromatic carbocycles. The van der Waals surface area contributed by atoms with Gasteiger partial charge in [-0.1, -0.05) is 0 Å². The molecule has 0 atom stereocenters. The average molecular weight is 491 g/mol. The Bertz CT molecular complexity index is 547. The number of carbonyl (C=O) groups is 4.